The molecule has 0 aliphatic carbocycles. The summed E-state index contributed by atoms with van der Waals surface area (Å²) in [4.78, 5) is 0. The first-order valence-electron chi connectivity index (χ1n) is 25.1. The Hall–Kier alpha value is -4.42. The molecule has 6 aromatic carbocycles. The van der Waals surface area contributed by atoms with Crippen LogP contribution in [0.4, 0.5) is 0 Å². The number of hydrogen-bond acceptors (Lipinski definition) is 3. The third-order valence-corrected chi connectivity index (χ3v) is 10.6. The zero-order chi connectivity index (χ0) is 52.5. The maximum absolute atomic E-state index is 16.6. The highest BCUT2D eigenvalue weighted by Gasteiger charge is 2.35. The zero-order valence-corrected chi connectivity index (χ0v) is 21.9. The second-order valence-electron chi connectivity index (χ2n) is 7.57. The highest BCUT2D eigenvalue weighted by atomic mass is 31.2. The Morgan fingerprint density at radius 3 is 0.902 bits per heavy atom. The van der Waals surface area contributed by atoms with Crippen molar-refractivity contribution in [2.24, 2.45) is 0 Å². The van der Waals surface area contributed by atoms with E-state index in [9.17, 15) is 0 Å². The van der Waals surface area contributed by atoms with Crippen molar-refractivity contribution in [2.45, 2.75) is 0 Å². The van der Waals surface area contributed by atoms with Gasteiger partial charge in [-0.1, -0.05) is 145 Å². The Kier molecular flexibility index (Phi) is 2.70. The lowest BCUT2D eigenvalue weighted by Crippen LogP contribution is -2.27. The van der Waals surface area contributed by atoms with Crippen molar-refractivity contribution in [1.29, 1.82) is 0 Å². The molecule has 5 heteroatoms. The fraction of sp³-hybridized carbons (Fsp3) is 0. The van der Waals surface area contributed by atoms with Crippen molar-refractivity contribution in [3.63, 3.8) is 0 Å². The first-order valence-corrected chi connectivity index (χ1v) is 14.5. The summed E-state index contributed by atoms with van der Waals surface area (Å²) < 4.78 is 281. The second-order valence-corrected chi connectivity index (χ2v) is 12.7. The van der Waals surface area contributed by atoms with Gasteiger partial charge in [-0.05, 0) is 24.2 Å². The third-order valence-electron chi connectivity index (χ3n) is 5.31. The molecule has 41 heavy (non-hydrogen) atoms. The highest BCUT2D eigenvalue weighted by molar-refractivity contribution is 7.86. The monoisotopic (exact) mass is 598 g/mol. The molecule has 0 saturated carbocycles. The van der Waals surface area contributed by atoms with E-state index >= 15 is 9.13 Å². The molecular weight excluding hydrogens is 542 g/mol. The molecule has 0 N–H and O–H groups in total. The molecule has 3 nitrogen and oxygen atoms in total. The minimum Gasteiger partial charge on any atom is -0.456 e. The molecule has 6 rings (SSSR count). The Morgan fingerprint density at radius 1 is 0.366 bits per heavy atom. The Labute approximate surface area is 280 Å². The summed E-state index contributed by atoms with van der Waals surface area (Å²) in [6, 6.07) is -37.5. The van der Waals surface area contributed by atoms with Crippen LogP contribution in [0.25, 0.3) is 0 Å². The molecule has 0 spiro atoms. The van der Waals surface area contributed by atoms with Gasteiger partial charge in [-0.25, -0.2) is 0 Å². The van der Waals surface area contributed by atoms with Gasteiger partial charge < -0.3 is 13.9 Å². The van der Waals surface area contributed by atoms with E-state index in [-0.39, 0.29) is 0 Å². The molecular formula is C36H28O3P2. The normalized spacial score (nSPS) is 21.2. The molecule has 0 saturated heterocycles. The maximum atomic E-state index is 16.6. The fourth-order valence-corrected chi connectivity index (χ4v) is 7.81. The van der Waals surface area contributed by atoms with Crippen molar-refractivity contribution in [3.05, 3.63) is 169 Å². The average Bonchev–Trinajstić information content (AvgIpc) is 3.30. The van der Waals surface area contributed by atoms with Gasteiger partial charge in [0.15, 0.2) is 14.3 Å². The smallest absolute Gasteiger partial charge is 0.174 e. The summed E-state index contributed by atoms with van der Waals surface area (Å²) in [6.45, 7) is 0. The van der Waals surface area contributed by atoms with E-state index in [0.29, 0.717) is 0 Å². The van der Waals surface area contributed by atoms with Crippen molar-refractivity contribution >= 4 is 46.1 Å². The fourth-order valence-electron chi connectivity index (χ4n) is 3.56. The minimum atomic E-state index is -6.20. The number of rotatable bonds is 8. The van der Waals surface area contributed by atoms with Crippen LogP contribution in [0.5, 0.6) is 11.5 Å². The van der Waals surface area contributed by atoms with Gasteiger partial charge in [-0.2, -0.15) is 0 Å². The number of ether oxygens (including phenoxy) is 1. The topological polar surface area (TPSA) is 43.4 Å². The standard InChI is InChI=1S/C36H28O3P2/c37-40(29-17-5-1-6-18-29,30-19-7-2-8-20-30)35-27-15-13-25-33(35)39-34-26-14-16-28-36(34)41(38,31-21-9-3-10-22-31)32-23-11-4-12-24-32/h1-28H/i1D,2D,3D,4D,5D,6D,7D,8D,9D,10D,11D,12D,13D,14D,15D,16D,17D,18D,19D,20D,21D,22D,23D,24D,25D,26D,27D,28D. The molecule has 6 aromatic rings. The molecule has 0 aromatic heterocycles. The summed E-state index contributed by atoms with van der Waals surface area (Å²) in [7, 11) is -12.4. The molecule has 0 fully saturated rings. The second kappa shape index (κ2) is 11.6. The van der Waals surface area contributed by atoms with Crippen LogP contribution in [0, 0.1) is 0 Å². The number of benzene rings is 6. The molecule has 0 radical (unpaired) electrons. The highest BCUT2D eigenvalue weighted by Crippen LogP contribution is 2.48. The molecule has 0 aliphatic heterocycles. The van der Waals surface area contributed by atoms with Crippen molar-refractivity contribution in [2.75, 3.05) is 0 Å². The van der Waals surface area contributed by atoms with Crippen LogP contribution in [-0.2, 0) is 9.13 Å². The Morgan fingerprint density at radius 2 is 0.610 bits per heavy atom. The molecule has 0 unspecified atom stereocenters. The predicted octanol–water partition coefficient (Wildman–Crippen LogP) is 6.76. The molecule has 0 amide bonds. The average molecular weight is 599 g/mol. The van der Waals surface area contributed by atoms with Gasteiger partial charge in [-0.3, -0.25) is 0 Å². The van der Waals surface area contributed by atoms with E-state index in [1.54, 1.807) is 0 Å². The van der Waals surface area contributed by atoms with Crippen LogP contribution < -0.4 is 36.6 Å². The Balaban J connectivity index is 1.98. The van der Waals surface area contributed by atoms with Gasteiger partial charge in [-0.15, -0.1) is 0 Å². The van der Waals surface area contributed by atoms with E-state index in [1.165, 1.54) is 0 Å². The van der Waals surface area contributed by atoms with Gasteiger partial charge in [0.25, 0.3) is 0 Å². The SMILES string of the molecule is [2H]c1c([2H])c([2H])c(P(=O)(c2c([2H])c([2H])c([2H])c([2H])c2[2H])c2c([2H])c([2H])c([2H])c([2H])c2Oc2c([2H])c([2H])c([2H])c([2H])c2P(=O)(c2c([2H])c([2H])c([2H])c([2H])c2[2H])c2c([2H])c([2H])c([2H])c([2H])c2[2H])c([2H])c1[2H]. The van der Waals surface area contributed by atoms with E-state index in [0.717, 1.165) is 0 Å². The largest absolute Gasteiger partial charge is 0.456 e. The molecule has 200 valence electrons. The van der Waals surface area contributed by atoms with Crippen LogP contribution in [-0.4, -0.2) is 0 Å². The molecule has 0 atom stereocenters. The lowest BCUT2D eigenvalue weighted by molar-refractivity contribution is 0.489. The summed E-state index contributed by atoms with van der Waals surface area (Å²) >= 11 is 0. The lowest BCUT2D eigenvalue weighted by atomic mass is 10.3. The van der Waals surface area contributed by atoms with Gasteiger partial charge >= 0.3 is 0 Å². The first-order chi connectivity index (χ1) is 31.7. The van der Waals surface area contributed by atoms with E-state index < -0.39 is 227 Å². The minimum absolute atomic E-state index is 1.13. The Bertz CT molecular complexity index is 2950. The van der Waals surface area contributed by atoms with Crippen molar-refractivity contribution in [3.8, 4) is 11.5 Å². The van der Waals surface area contributed by atoms with E-state index in [1.807, 2.05) is 0 Å². The van der Waals surface area contributed by atoms with Gasteiger partial charge in [0.05, 0.1) is 49.0 Å². The van der Waals surface area contributed by atoms with Crippen LogP contribution in [0.1, 0.15) is 38.4 Å². The van der Waals surface area contributed by atoms with Crippen molar-refractivity contribution < 1.29 is 52.2 Å². The van der Waals surface area contributed by atoms with Crippen molar-refractivity contribution in [1.82, 2.24) is 0 Å². The van der Waals surface area contributed by atoms with Gasteiger partial charge in [0, 0.05) is 21.2 Å². The molecule has 0 heterocycles. The number of para-hydroxylation sites is 2. The van der Waals surface area contributed by atoms with Crippen LogP contribution >= 0.6 is 14.3 Å². The van der Waals surface area contributed by atoms with Gasteiger partial charge in [0.2, 0.25) is 0 Å². The van der Waals surface area contributed by atoms with E-state index in [2.05, 4.69) is 0 Å². The zero-order valence-electron chi connectivity index (χ0n) is 48.1. The predicted molar refractivity (Wildman–Crippen MR) is 172 cm³/mol. The number of hydrogen-bond donors (Lipinski definition) is 0. The quantitative estimate of drug-likeness (QED) is 0.182. The summed E-state index contributed by atoms with van der Waals surface area (Å²) in [5.74, 6) is -3.27. The summed E-state index contributed by atoms with van der Waals surface area (Å²) in [6.07, 6.45) is 0. The van der Waals surface area contributed by atoms with Crippen LogP contribution in [0.2, 0.25) is 0 Å². The lowest BCUT2D eigenvalue weighted by Gasteiger charge is -2.25. The van der Waals surface area contributed by atoms with E-state index in [4.69, 9.17) is 43.1 Å². The van der Waals surface area contributed by atoms with Gasteiger partial charge in [0.1, 0.15) is 11.5 Å². The summed E-state index contributed by atoms with van der Waals surface area (Å²) in [5.41, 5.74) is 0. The molecule has 0 bridgehead atoms. The summed E-state index contributed by atoms with van der Waals surface area (Å²) in [5, 5.41) is -8.96. The van der Waals surface area contributed by atoms with Crippen LogP contribution in [0.3, 0.4) is 0 Å². The van der Waals surface area contributed by atoms with Crippen LogP contribution in [0.15, 0.2) is 169 Å². The molecule has 0 aliphatic rings. The maximum Gasteiger partial charge on any atom is 0.174 e. The first kappa shape index (κ1) is 9.57. The third kappa shape index (κ3) is 5.00.